The highest BCUT2D eigenvalue weighted by molar-refractivity contribution is 7.99. The van der Waals surface area contributed by atoms with Gasteiger partial charge in [-0.2, -0.15) is 0 Å². The minimum atomic E-state index is 0.130. The molecular formula is C23H27ClN4OS2. The largest absolute Gasteiger partial charge is 0.355 e. The Hall–Kier alpha value is -1.80. The molecule has 4 rings (SSSR count). The van der Waals surface area contributed by atoms with Crippen LogP contribution >= 0.6 is 34.7 Å². The SMILES string of the molecule is Cc1c(Cl)ccc2sc(N3CCN(CCNC(=O)CCSc4ccccc4)CC3)nc12. The van der Waals surface area contributed by atoms with Crippen molar-refractivity contribution in [1.29, 1.82) is 0 Å². The third-order valence-electron chi connectivity index (χ3n) is 5.47. The summed E-state index contributed by atoms with van der Waals surface area (Å²) in [5, 5.41) is 4.90. The molecular weight excluding hydrogens is 448 g/mol. The van der Waals surface area contributed by atoms with Crippen LogP contribution in [0.1, 0.15) is 12.0 Å². The molecule has 0 radical (unpaired) electrons. The van der Waals surface area contributed by atoms with Gasteiger partial charge in [-0.25, -0.2) is 4.98 Å². The Morgan fingerprint density at radius 2 is 1.94 bits per heavy atom. The molecule has 1 fully saturated rings. The summed E-state index contributed by atoms with van der Waals surface area (Å²) in [6, 6.07) is 14.2. The number of carbonyl (C=O) groups is 1. The van der Waals surface area contributed by atoms with Gasteiger partial charge in [0, 0.05) is 61.4 Å². The summed E-state index contributed by atoms with van der Waals surface area (Å²) in [4.78, 5) is 22.9. The lowest BCUT2D eigenvalue weighted by Gasteiger charge is -2.34. The third kappa shape index (κ3) is 5.92. The lowest BCUT2D eigenvalue weighted by Crippen LogP contribution is -2.48. The zero-order valence-corrected chi connectivity index (χ0v) is 20.0. The fraction of sp³-hybridized carbons (Fsp3) is 0.391. The summed E-state index contributed by atoms with van der Waals surface area (Å²) in [7, 11) is 0. The molecule has 0 bridgehead atoms. The van der Waals surface area contributed by atoms with E-state index in [1.807, 2.05) is 31.2 Å². The van der Waals surface area contributed by atoms with Crippen molar-refractivity contribution in [2.45, 2.75) is 18.2 Å². The van der Waals surface area contributed by atoms with Crippen molar-refractivity contribution in [2.75, 3.05) is 49.9 Å². The second kappa shape index (κ2) is 10.7. The van der Waals surface area contributed by atoms with Crippen LogP contribution in [0.4, 0.5) is 5.13 Å². The van der Waals surface area contributed by atoms with E-state index in [1.165, 1.54) is 9.60 Å². The number of amides is 1. The zero-order chi connectivity index (χ0) is 21.6. The van der Waals surface area contributed by atoms with Gasteiger partial charge >= 0.3 is 0 Å². The zero-order valence-electron chi connectivity index (χ0n) is 17.6. The minimum Gasteiger partial charge on any atom is -0.355 e. The Balaban J connectivity index is 1.16. The van der Waals surface area contributed by atoms with E-state index in [9.17, 15) is 4.79 Å². The molecule has 3 aromatic rings. The van der Waals surface area contributed by atoms with Crippen molar-refractivity contribution in [3.63, 3.8) is 0 Å². The monoisotopic (exact) mass is 474 g/mol. The molecule has 0 saturated carbocycles. The quantitative estimate of drug-likeness (QED) is 0.480. The topological polar surface area (TPSA) is 48.5 Å². The van der Waals surface area contributed by atoms with E-state index in [-0.39, 0.29) is 5.91 Å². The van der Waals surface area contributed by atoms with E-state index in [0.717, 1.165) is 59.7 Å². The number of nitrogens with one attached hydrogen (secondary N) is 1. The van der Waals surface area contributed by atoms with Crippen molar-refractivity contribution < 1.29 is 4.79 Å². The van der Waals surface area contributed by atoms with Crippen LogP contribution in [0.3, 0.4) is 0 Å². The minimum absolute atomic E-state index is 0.130. The molecule has 1 aliphatic heterocycles. The molecule has 164 valence electrons. The van der Waals surface area contributed by atoms with Gasteiger partial charge in [0.2, 0.25) is 5.91 Å². The maximum Gasteiger partial charge on any atom is 0.220 e. The molecule has 31 heavy (non-hydrogen) atoms. The van der Waals surface area contributed by atoms with E-state index in [4.69, 9.17) is 16.6 Å². The van der Waals surface area contributed by atoms with E-state index in [0.29, 0.717) is 13.0 Å². The van der Waals surface area contributed by atoms with Gasteiger partial charge in [0.25, 0.3) is 0 Å². The maximum absolute atomic E-state index is 12.1. The van der Waals surface area contributed by atoms with Crippen molar-refractivity contribution in [3.8, 4) is 0 Å². The average Bonchev–Trinajstić information content (AvgIpc) is 3.23. The first kappa shape index (κ1) is 22.4. The molecule has 1 saturated heterocycles. The number of aromatic nitrogens is 1. The lowest BCUT2D eigenvalue weighted by molar-refractivity contribution is -0.120. The van der Waals surface area contributed by atoms with Crippen LogP contribution in [-0.2, 0) is 4.79 Å². The molecule has 1 N–H and O–H groups in total. The van der Waals surface area contributed by atoms with Gasteiger partial charge < -0.3 is 10.2 Å². The van der Waals surface area contributed by atoms with Crippen LogP contribution in [0.25, 0.3) is 10.2 Å². The smallest absolute Gasteiger partial charge is 0.220 e. The van der Waals surface area contributed by atoms with Crippen LogP contribution in [0.5, 0.6) is 0 Å². The Bertz CT molecular complexity index is 1020. The van der Waals surface area contributed by atoms with E-state index in [1.54, 1.807) is 23.1 Å². The molecule has 1 aromatic heterocycles. The highest BCUT2D eigenvalue weighted by Gasteiger charge is 2.20. The lowest BCUT2D eigenvalue weighted by atomic mass is 10.2. The Labute approximate surface area is 196 Å². The number of anilines is 1. The van der Waals surface area contributed by atoms with Crippen molar-refractivity contribution in [2.24, 2.45) is 0 Å². The molecule has 1 amide bonds. The van der Waals surface area contributed by atoms with Crippen LogP contribution in [0.2, 0.25) is 5.02 Å². The van der Waals surface area contributed by atoms with Gasteiger partial charge in [-0.3, -0.25) is 9.69 Å². The van der Waals surface area contributed by atoms with Gasteiger partial charge in [-0.1, -0.05) is 41.1 Å². The molecule has 0 spiro atoms. The second-order valence-corrected chi connectivity index (χ2v) is 10.2. The van der Waals surface area contributed by atoms with Gasteiger partial charge in [-0.05, 0) is 36.8 Å². The summed E-state index contributed by atoms with van der Waals surface area (Å²) in [6.07, 6.45) is 0.550. The van der Waals surface area contributed by atoms with Gasteiger partial charge in [0.1, 0.15) is 0 Å². The number of hydrogen-bond donors (Lipinski definition) is 1. The molecule has 0 atom stereocenters. The summed E-state index contributed by atoms with van der Waals surface area (Å²) in [6.45, 7) is 7.49. The maximum atomic E-state index is 12.1. The first-order valence-electron chi connectivity index (χ1n) is 10.6. The van der Waals surface area contributed by atoms with Gasteiger partial charge in [-0.15, -0.1) is 11.8 Å². The Kier molecular flexibility index (Phi) is 7.72. The number of hydrogen-bond acceptors (Lipinski definition) is 6. The van der Waals surface area contributed by atoms with Crippen molar-refractivity contribution in [3.05, 3.63) is 53.1 Å². The first-order chi connectivity index (χ1) is 15.1. The number of carbonyl (C=O) groups excluding carboxylic acids is 1. The third-order valence-corrected chi connectivity index (χ3v) is 7.98. The fourth-order valence-electron chi connectivity index (χ4n) is 3.61. The predicted octanol–water partition coefficient (Wildman–Crippen LogP) is 4.68. The summed E-state index contributed by atoms with van der Waals surface area (Å²) >= 11 is 9.70. The number of thiazole rings is 1. The number of nitrogens with zero attached hydrogens (tertiary/aromatic N) is 3. The standard InChI is InChI=1S/C23H27ClN4OS2/c1-17-19(24)7-8-20-22(17)26-23(31-20)28-14-12-27(13-15-28)11-10-25-21(29)9-16-30-18-5-3-2-4-6-18/h2-8H,9-16H2,1H3,(H,25,29). The summed E-state index contributed by atoms with van der Waals surface area (Å²) in [5.74, 6) is 0.937. The molecule has 2 aromatic carbocycles. The van der Waals surface area contributed by atoms with Crippen molar-refractivity contribution >= 4 is 56.0 Å². The number of fused-ring (bicyclic) bond motifs is 1. The number of benzene rings is 2. The fourth-order valence-corrected chi connectivity index (χ4v) is 5.71. The molecule has 5 nitrogen and oxygen atoms in total. The van der Waals surface area contributed by atoms with E-state index >= 15 is 0 Å². The summed E-state index contributed by atoms with van der Waals surface area (Å²) in [5.41, 5.74) is 2.07. The highest BCUT2D eigenvalue weighted by Crippen LogP contribution is 2.33. The first-order valence-corrected chi connectivity index (χ1v) is 12.8. The highest BCUT2D eigenvalue weighted by atomic mass is 35.5. The molecule has 0 aliphatic carbocycles. The van der Waals surface area contributed by atoms with Crippen LogP contribution in [-0.4, -0.2) is 60.8 Å². The number of rotatable bonds is 8. The van der Waals surface area contributed by atoms with E-state index in [2.05, 4.69) is 33.3 Å². The van der Waals surface area contributed by atoms with E-state index < -0.39 is 0 Å². The van der Waals surface area contributed by atoms with Crippen molar-refractivity contribution in [1.82, 2.24) is 15.2 Å². The molecule has 1 aliphatic rings. The van der Waals surface area contributed by atoms with Crippen LogP contribution in [0, 0.1) is 6.92 Å². The average molecular weight is 475 g/mol. The Morgan fingerprint density at radius 1 is 1.16 bits per heavy atom. The van der Waals surface area contributed by atoms with Crippen LogP contribution in [0.15, 0.2) is 47.4 Å². The number of halogens is 1. The summed E-state index contributed by atoms with van der Waals surface area (Å²) < 4.78 is 1.19. The number of thioether (sulfide) groups is 1. The number of aryl methyl sites for hydroxylation is 1. The second-order valence-electron chi connectivity index (χ2n) is 7.61. The predicted molar refractivity (Wildman–Crippen MR) is 133 cm³/mol. The normalized spacial score (nSPS) is 14.8. The molecule has 2 heterocycles. The molecule has 8 heteroatoms. The molecule has 0 unspecified atom stereocenters. The number of piperazine rings is 1. The van der Waals surface area contributed by atoms with Crippen LogP contribution < -0.4 is 10.2 Å². The van der Waals surface area contributed by atoms with Gasteiger partial charge in [0.05, 0.1) is 10.2 Å². The van der Waals surface area contributed by atoms with Gasteiger partial charge in [0.15, 0.2) is 5.13 Å². The Morgan fingerprint density at radius 3 is 2.71 bits per heavy atom.